The van der Waals surface area contributed by atoms with Crippen molar-refractivity contribution in [3.05, 3.63) is 27.1 Å². The molecule has 2 aromatic heterocycles. The number of carbonyl (C=O) groups is 1. The van der Waals surface area contributed by atoms with Crippen LogP contribution < -0.4 is 11.3 Å². The summed E-state index contributed by atoms with van der Waals surface area (Å²) in [6.07, 6.45) is -2.54. The number of H-pyrrole nitrogens is 1. The summed E-state index contributed by atoms with van der Waals surface area (Å²) in [7, 11) is -16.9. The maximum absolute atomic E-state index is 12.3. The zero-order valence-electron chi connectivity index (χ0n) is 19.3. The monoisotopic (exact) mass is 618 g/mol. The summed E-state index contributed by atoms with van der Waals surface area (Å²) < 4.78 is 58.8. The Morgan fingerprint density at radius 1 is 1.28 bits per heavy atom. The number of aromatic amines is 1. The summed E-state index contributed by atoms with van der Waals surface area (Å²) in [5, 5.41) is 3.28. The van der Waals surface area contributed by atoms with Gasteiger partial charge in [-0.15, -0.1) is 0 Å². The third-order valence-electron chi connectivity index (χ3n) is 4.74. The number of aromatic nitrogens is 4. The fraction of sp³-hybridized carbons (Fsp3) is 0.571. The number of nitrogens with one attached hydrogen (secondary N) is 1. The van der Waals surface area contributed by atoms with E-state index >= 15 is 0 Å². The third kappa shape index (κ3) is 8.91. The zero-order chi connectivity index (χ0) is 29.0. The Hall–Kier alpha value is -2.70. The predicted octanol–water partition coefficient (Wildman–Crippen LogP) is 0.335. The fourth-order valence-electron chi connectivity index (χ4n) is 3.34. The SMILES string of the molecule is [N-]=[N+]=NCCCC(=O)OC1C[C@H](n2cnc3c(=O)[nH]c(N)nc32)O[C@@H]1COP(=O)(O)OP(=O)(O)OP(=O)(O)O. The van der Waals surface area contributed by atoms with E-state index in [2.05, 4.69) is 38.1 Å². The first-order valence-electron chi connectivity index (χ1n) is 10.5. The number of esters is 1. The van der Waals surface area contributed by atoms with Crippen LogP contribution in [0, 0.1) is 0 Å². The minimum Gasteiger partial charge on any atom is -0.459 e. The highest BCUT2D eigenvalue weighted by Crippen LogP contribution is 2.66. The maximum atomic E-state index is 12.3. The molecule has 0 aromatic carbocycles. The van der Waals surface area contributed by atoms with Crippen LogP contribution in [0.3, 0.4) is 0 Å². The van der Waals surface area contributed by atoms with Gasteiger partial charge in [0.05, 0.1) is 12.9 Å². The summed E-state index contributed by atoms with van der Waals surface area (Å²) >= 11 is 0. The molecule has 0 amide bonds. The number of hydrogen-bond acceptors (Lipinski definition) is 14. The van der Waals surface area contributed by atoms with Gasteiger partial charge in [0, 0.05) is 24.3 Å². The van der Waals surface area contributed by atoms with Crippen molar-refractivity contribution < 1.29 is 60.7 Å². The number of phosphoric acid groups is 3. The molecule has 216 valence electrons. The Morgan fingerprint density at radius 3 is 2.67 bits per heavy atom. The lowest BCUT2D eigenvalue weighted by atomic mass is 10.2. The smallest absolute Gasteiger partial charge is 0.459 e. The van der Waals surface area contributed by atoms with Crippen LogP contribution in [-0.4, -0.2) is 70.4 Å². The minimum absolute atomic E-state index is 0.00534. The van der Waals surface area contributed by atoms with Gasteiger partial charge in [0.2, 0.25) is 5.95 Å². The first-order valence-corrected chi connectivity index (χ1v) is 15.0. The van der Waals surface area contributed by atoms with Gasteiger partial charge < -0.3 is 34.8 Å². The van der Waals surface area contributed by atoms with E-state index in [4.69, 9.17) is 30.5 Å². The van der Waals surface area contributed by atoms with E-state index in [0.29, 0.717) is 0 Å². The highest BCUT2D eigenvalue weighted by Gasteiger charge is 2.44. The lowest BCUT2D eigenvalue weighted by Crippen LogP contribution is -2.31. The molecule has 25 heteroatoms. The highest BCUT2D eigenvalue weighted by atomic mass is 31.3. The molecule has 0 radical (unpaired) electrons. The van der Waals surface area contributed by atoms with Crippen LogP contribution in [0.25, 0.3) is 21.6 Å². The summed E-state index contributed by atoms with van der Waals surface area (Å²) in [4.78, 5) is 73.4. The second-order valence-electron chi connectivity index (χ2n) is 7.61. The Labute approximate surface area is 216 Å². The molecular weight excluding hydrogens is 597 g/mol. The number of azide groups is 1. The summed E-state index contributed by atoms with van der Waals surface area (Å²) in [6.45, 7) is -0.910. The predicted molar refractivity (Wildman–Crippen MR) is 124 cm³/mol. The lowest BCUT2D eigenvalue weighted by molar-refractivity contribution is -0.153. The van der Waals surface area contributed by atoms with Gasteiger partial charge in [-0.05, 0) is 12.0 Å². The number of phosphoric ester groups is 1. The second-order valence-corrected chi connectivity index (χ2v) is 12.0. The molecule has 1 aliphatic heterocycles. The molecule has 0 aliphatic carbocycles. The van der Waals surface area contributed by atoms with Crippen molar-refractivity contribution in [1.82, 2.24) is 19.5 Å². The van der Waals surface area contributed by atoms with Crippen LogP contribution in [0.4, 0.5) is 5.95 Å². The highest BCUT2D eigenvalue weighted by molar-refractivity contribution is 7.66. The number of hydrogen-bond donors (Lipinski definition) is 6. The maximum Gasteiger partial charge on any atom is 0.490 e. The van der Waals surface area contributed by atoms with Gasteiger partial charge in [-0.1, -0.05) is 5.11 Å². The molecule has 5 atom stereocenters. The number of anilines is 1. The number of nitrogens with zero attached hydrogens (tertiary/aromatic N) is 6. The van der Waals surface area contributed by atoms with E-state index in [1.54, 1.807) is 0 Å². The minimum atomic E-state index is -5.77. The second kappa shape index (κ2) is 12.2. The van der Waals surface area contributed by atoms with Crippen LogP contribution >= 0.6 is 23.5 Å². The summed E-state index contributed by atoms with van der Waals surface area (Å²) in [5.41, 5.74) is 13.1. The Balaban J connectivity index is 1.77. The molecule has 3 heterocycles. The van der Waals surface area contributed by atoms with E-state index in [1.165, 1.54) is 10.9 Å². The van der Waals surface area contributed by atoms with Gasteiger partial charge in [0.15, 0.2) is 11.2 Å². The van der Waals surface area contributed by atoms with Gasteiger partial charge >= 0.3 is 29.4 Å². The fourth-order valence-corrected chi connectivity index (χ4v) is 6.37. The number of carbonyl (C=O) groups excluding carboxylic acids is 1. The van der Waals surface area contributed by atoms with E-state index in [1.807, 2.05) is 0 Å². The van der Waals surface area contributed by atoms with Crippen LogP contribution in [0.5, 0.6) is 0 Å². The van der Waals surface area contributed by atoms with Crippen LogP contribution in [0.2, 0.25) is 0 Å². The third-order valence-corrected chi connectivity index (χ3v) is 8.55. The van der Waals surface area contributed by atoms with E-state index in [0.717, 1.165) is 0 Å². The van der Waals surface area contributed by atoms with Gasteiger partial charge in [0.25, 0.3) is 5.56 Å². The molecule has 2 aromatic rings. The molecule has 7 N–H and O–H groups in total. The molecule has 39 heavy (non-hydrogen) atoms. The average Bonchev–Trinajstić information content (AvgIpc) is 3.37. The van der Waals surface area contributed by atoms with E-state index < -0.39 is 60.0 Å². The van der Waals surface area contributed by atoms with Crippen LogP contribution in [0.1, 0.15) is 25.5 Å². The van der Waals surface area contributed by atoms with Crippen LogP contribution in [0.15, 0.2) is 16.2 Å². The molecular formula is C14H21N8O14P3. The first-order chi connectivity index (χ1) is 18.1. The summed E-state index contributed by atoms with van der Waals surface area (Å²) in [6, 6.07) is 0. The molecule has 3 unspecified atom stereocenters. The van der Waals surface area contributed by atoms with Gasteiger partial charge in [-0.3, -0.25) is 23.7 Å². The van der Waals surface area contributed by atoms with Crippen molar-refractivity contribution in [2.24, 2.45) is 5.11 Å². The zero-order valence-corrected chi connectivity index (χ0v) is 22.0. The van der Waals surface area contributed by atoms with Gasteiger partial charge in [0.1, 0.15) is 18.4 Å². The van der Waals surface area contributed by atoms with Crippen LogP contribution in [-0.2, 0) is 41.1 Å². The Kier molecular flexibility index (Phi) is 9.66. The normalized spacial score (nSPS) is 22.6. The number of nitrogen functional groups attached to an aromatic ring is 1. The van der Waals surface area contributed by atoms with E-state index in [9.17, 15) is 33.1 Å². The summed E-state index contributed by atoms with van der Waals surface area (Å²) in [5.74, 6) is -1.01. The molecule has 3 rings (SSSR count). The molecule has 1 saturated heterocycles. The molecule has 22 nitrogen and oxygen atoms in total. The Morgan fingerprint density at radius 2 is 2.00 bits per heavy atom. The molecule has 0 saturated carbocycles. The van der Waals surface area contributed by atoms with Crippen molar-refractivity contribution in [1.29, 1.82) is 0 Å². The molecule has 1 fully saturated rings. The Bertz CT molecular complexity index is 1470. The quantitative estimate of drug-likeness (QED) is 0.0440. The first kappa shape index (κ1) is 30.8. The number of rotatable bonds is 13. The van der Waals surface area contributed by atoms with Crippen molar-refractivity contribution in [2.45, 2.75) is 37.7 Å². The van der Waals surface area contributed by atoms with Gasteiger partial charge in [-0.25, -0.2) is 18.7 Å². The standard InChI is InChI=1S/C14H21N8O14P3/c15-14-19-12-11(13(24)20-14)17-6-22(12)9-4-7(34-10(23)2-1-3-18-21-16)8(33-9)5-32-38(28,29)36-39(30,31)35-37(25,26)27/h6-9H,1-5H2,(H,28,29)(H,30,31)(H2,25,26,27)(H3,15,19,20,24)/t7?,8-,9-/m1/s1. The topological polar surface area (TPSA) is 334 Å². The number of ether oxygens (including phenoxy) is 2. The number of imidazole rings is 1. The molecule has 1 aliphatic rings. The molecule has 0 bridgehead atoms. The lowest BCUT2D eigenvalue weighted by Gasteiger charge is -2.21. The van der Waals surface area contributed by atoms with Gasteiger partial charge in [-0.2, -0.15) is 13.6 Å². The molecule has 0 spiro atoms. The average molecular weight is 618 g/mol. The van der Waals surface area contributed by atoms with E-state index in [-0.39, 0.29) is 42.9 Å². The number of nitrogens with two attached hydrogens (primary N) is 1. The largest absolute Gasteiger partial charge is 0.490 e. The van der Waals surface area contributed by atoms with Crippen molar-refractivity contribution in [3.63, 3.8) is 0 Å². The number of fused-ring (bicyclic) bond motifs is 1. The van der Waals surface area contributed by atoms with Crippen molar-refractivity contribution in [2.75, 3.05) is 18.9 Å². The van der Waals surface area contributed by atoms with Crippen molar-refractivity contribution in [3.8, 4) is 0 Å². The van der Waals surface area contributed by atoms with Crippen molar-refractivity contribution >= 4 is 46.5 Å².